The zero-order valence-electron chi connectivity index (χ0n) is 13.5. The van der Waals surface area contributed by atoms with Crippen LogP contribution in [0.2, 0.25) is 0 Å². The Morgan fingerprint density at radius 1 is 1.50 bits per heavy atom. The van der Waals surface area contributed by atoms with Gasteiger partial charge in [-0.2, -0.15) is 0 Å². The molecule has 1 fully saturated rings. The van der Waals surface area contributed by atoms with E-state index in [1.807, 2.05) is 18.2 Å². The van der Waals surface area contributed by atoms with Crippen molar-refractivity contribution in [2.75, 3.05) is 32.1 Å². The maximum Gasteiger partial charge on any atom is 0.238 e. The first kappa shape index (κ1) is 16.9. The average molecular weight is 305 g/mol. The van der Waals surface area contributed by atoms with Crippen molar-refractivity contribution in [2.45, 2.75) is 38.3 Å². The fourth-order valence-electron chi connectivity index (χ4n) is 2.98. The molecule has 122 valence electrons. The fraction of sp³-hybridized carbons (Fsp3) is 0.588. The zero-order valence-corrected chi connectivity index (χ0v) is 13.5. The summed E-state index contributed by atoms with van der Waals surface area (Å²) >= 11 is 0. The third kappa shape index (κ3) is 4.53. The van der Waals surface area contributed by atoms with Crippen LogP contribution in [0, 0.1) is 0 Å². The van der Waals surface area contributed by atoms with Crippen molar-refractivity contribution in [2.24, 2.45) is 5.73 Å². The first-order valence-corrected chi connectivity index (χ1v) is 8.02. The molecule has 1 amide bonds. The van der Waals surface area contributed by atoms with Crippen LogP contribution >= 0.6 is 0 Å². The van der Waals surface area contributed by atoms with E-state index in [4.69, 9.17) is 10.5 Å². The summed E-state index contributed by atoms with van der Waals surface area (Å²) < 4.78 is 5.41. The molecular formula is C17H27N3O2. The Hall–Kier alpha value is -1.43. The van der Waals surface area contributed by atoms with Crippen molar-refractivity contribution < 1.29 is 9.53 Å². The molecule has 0 aromatic heterocycles. The minimum atomic E-state index is 0.0163. The van der Waals surface area contributed by atoms with Crippen LogP contribution in [-0.2, 0) is 16.0 Å². The lowest BCUT2D eigenvalue weighted by Gasteiger charge is -2.37. The second-order valence-corrected chi connectivity index (χ2v) is 5.84. The van der Waals surface area contributed by atoms with Crippen LogP contribution in [0.1, 0.15) is 25.3 Å². The van der Waals surface area contributed by atoms with Crippen LogP contribution in [0.15, 0.2) is 24.3 Å². The number of hydrogen-bond donors (Lipinski definition) is 2. The molecule has 0 bridgehead atoms. The van der Waals surface area contributed by atoms with Gasteiger partial charge in [-0.05, 0) is 37.0 Å². The number of ether oxygens (including phenoxy) is 1. The second-order valence-electron chi connectivity index (χ2n) is 5.84. The number of aryl methyl sites for hydroxylation is 1. The Balaban J connectivity index is 1.90. The number of hydrogen-bond acceptors (Lipinski definition) is 4. The van der Waals surface area contributed by atoms with E-state index in [0.29, 0.717) is 13.1 Å². The van der Waals surface area contributed by atoms with Gasteiger partial charge >= 0.3 is 0 Å². The molecule has 22 heavy (non-hydrogen) atoms. The number of methoxy groups -OCH3 is 1. The van der Waals surface area contributed by atoms with Crippen LogP contribution in [0.4, 0.5) is 5.69 Å². The first-order valence-electron chi connectivity index (χ1n) is 8.02. The number of nitrogens with zero attached hydrogens (tertiary/aromatic N) is 1. The molecule has 1 saturated heterocycles. The van der Waals surface area contributed by atoms with Crippen molar-refractivity contribution in [3.8, 4) is 0 Å². The number of rotatable bonds is 6. The molecule has 0 aliphatic carbocycles. The minimum absolute atomic E-state index is 0.0163. The molecule has 2 unspecified atom stereocenters. The monoisotopic (exact) mass is 305 g/mol. The van der Waals surface area contributed by atoms with Gasteiger partial charge in [-0.25, -0.2) is 0 Å². The molecule has 1 aliphatic heterocycles. The standard InChI is InChI=1S/C17H27N3O2/c1-3-13-5-4-6-14(9-13)19-17(21)12-20-8-7-16(22-2)10-15(20)11-18/h4-6,9,15-16H,3,7-8,10-12,18H2,1-2H3,(H,19,21). The maximum absolute atomic E-state index is 12.3. The molecule has 1 aromatic rings. The third-order valence-corrected chi connectivity index (χ3v) is 4.36. The summed E-state index contributed by atoms with van der Waals surface area (Å²) in [6, 6.07) is 8.20. The first-order chi connectivity index (χ1) is 10.7. The lowest BCUT2D eigenvalue weighted by Crippen LogP contribution is -2.50. The number of piperidine rings is 1. The Morgan fingerprint density at radius 2 is 2.32 bits per heavy atom. The van der Waals surface area contributed by atoms with Crippen LogP contribution < -0.4 is 11.1 Å². The summed E-state index contributed by atoms with van der Waals surface area (Å²) in [5, 5.41) is 2.98. The van der Waals surface area contributed by atoms with E-state index in [1.54, 1.807) is 7.11 Å². The summed E-state index contributed by atoms with van der Waals surface area (Å²) in [5.41, 5.74) is 7.93. The fourth-order valence-corrected chi connectivity index (χ4v) is 2.98. The number of anilines is 1. The van der Waals surface area contributed by atoms with Gasteiger partial charge in [0.05, 0.1) is 12.6 Å². The number of carbonyl (C=O) groups is 1. The quantitative estimate of drug-likeness (QED) is 0.838. The smallest absolute Gasteiger partial charge is 0.238 e. The van der Waals surface area contributed by atoms with E-state index in [0.717, 1.165) is 31.5 Å². The van der Waals surface area contributed by atoms with Gasteiger partial charge in [-0.1, -0.05) is 19.1 Å². The molecule has 1 aromatic carbocycles. The molecule has 0 spiro atoms. The van der Waals surface area contributed by atoms with Crippen molar-refractivity contribution >= 4 is 11.6 Å². The van der Waals surface area contributed by atoms with Crippen molar-refractivity contribution in [1.82, 2.24) is 4.90 Å². The van der Waals surface area contributed by atoms with E-state index in [-0.39, 0.29) is 18.1 Å². The molecule has 5 heteroatoms. The molecule has 0 saturated carbocycles. The number of amides is 1. The SMILES string of the molecule is CCc1cccc(NC(=O)CN2CCC(OC)CC2CN)c1. The highest BCUT2D eigenvalue weighted by Gasteiger charge is 2.28. The van der Waals surface area contributed by atoms with Gasteiger partial charge < -0.3 is 15.8 Å². The Labute approximate surface area is 132 Å². The van der Waals surface area contributed by atoms with Crippen molar-refractivity contribution in [3.63, 3.8) is 0 Å². The maximum atomic E-state index is 12.3. The number of carbonyl (C=O) groups excluding carboxylic acids is 1. The largest absolute Gasteiger partial charge is 0.381 e. The van der Waals surface area contributed by atoms with E-state index < -0.39 is 0 Å². The zero-order chi connectivity index (χ0) is 15.9. The normalized spacial score (nSPS) is 22.5. The van der Waals surface area contributed by atoms with Gasteiger partial charge in [0.2, 0.25) is 5.91 Å². The van der Waals surface area contributed by atoms with Gasteiger partial charge in [0.15, 0.2) is 0 Å². The summed E-state index contributed by atoms with van der Waals surface area (Å²) in [6.07, 6.45) is 3.06. The summed E-state index contributed by atoms with van der Waals surface area (Å²) in [5.74, 6) is 0.0163. The summed E-state index contributed by atoms with van der Waals surface area (Å²) in [6.45, 7) is 3.89. The number of nitrogens with two attached hydrogens (primary N) is 1. The van der Waals surface area contributed by atoms with Gasteiger partial charge in [-0.3, -0.25) is 9.69 Å². The van der Waals surface area contributed by atoms with Gasteiger partial charge in [0.25, 0.3) is 0 Å². The Kier molecular flexibility index (Phi) is 6.36. The van der Waals surface area contributed by atoms with Crippen LogP contribution in [0.5, 0.6) is 0 Å². The second kappa shape index (κ2) is 8.27. The Bertz CT molecular complexity index is 493. The highest BCUT2D eigenvalue weighted by Crippen LogP contribution is 2.19. The van der Waals surface area contributed by atoms with E-state index in [9.17, 15) is 4.79 Å². The third-order valence-electron chi connectivity index (χ3n) is 4.36. The lowest BCUT2D eigenvalue weighted by molar-refractivity contribution is -0.118. The lowest BCUT2D eigenvalue weighted by atomic mass is 9.99. The number of likely N-dealkylation sites (tertiary alicyclic amines) is 1. The highest BCUT2D eigenvalue weighted by atomic mass is 16.5. The predicted octanol–water partition coefficient (Wildman–Crippen LogP) is 1.63. The van der Waals surface area contributed by atoms with Gasteiger partial charge in [0, 0.05) is 31.9 Å². The van der Waals surface area contributed by atoms with Crippen LogP contribution in [-0.4, -0.2) is 49.7 Å². The molecule has 2 atom stereocenters. The number of benzene rings is 1. The summed E-state index contributed by atoms with van der Waals surface area (Å²) in [4.78, 5) is 14.4. The number of nitrogens with one attached hydrogen (secondary N) is 1. The molecular weight excluding hydrogens is 278 g/mol. The molecule has 3 N–H and O–H groups in total. The van der Waals surface area contributed by atoms with Crippen LogP contribution in [0.3, 0.4) is 0 Å². The molecule has 0 radical (unpaired) electrons. The van der Waals surface area contributed by atoms with Crippen molar-refractivity contribution in [1.29, 1.82) is 0 Å². The van der Waals surface area contributed by atoms with Gasteiger partial charge in [-0.15, -0.1) is 0 Å². The topological polar surface area (TPSA) is 67.6 Å². The molecule has 5 nitrogen and oxygen atoms in total. The Morgan fingerprint density at radius 3 is 3.00 bits per heavy atom. The summed E-state index contributed by atoms with van der Waals surface area (Å²) in [7, 11) is 1.74. The molecule has 2 rings (SSSR count). The molecule has 1 heterocycles. The minimum Gasteiger partial charge on any atom is -0.381 e. The van der Waals surface area contributed by atoms with Crippen molar-refractivity contribution in [3.05, 3.63) is 29.8 Å². The predicted molar refractivity (Wildman–Crippen MR) is 88.9 cm³/mol. The van der Waals surface area contributed by atoms with Crippen LogP contribution in [0.25, 0.3) is 0 Å². The van der Waals surface area contributed by atoms with E-state index in [2.05, 4.69) is 23.2 Å². The van der Waals surface area contributed by atoms with E-state index in [1.165, 1.54) is 5.56 Å². The average Bonchev–Trinajstić information content (AvgIpc) is 2.55. The molecule has 1 aliphatic rings. The van der Waals surface area contributed by atoms with E-state index >= 15 is 0 Å². The van der Waals surface area contributed by atoms with Gasteiger partial charge in [0.1, 0.15) is 0 Å². The highest BCUT2D eigenvalue weighted by molar-refractivity contribution is 5.92.